The molecule has 0 unspecified atom stereocenters. The third kappa shape index (κ3) is 1.30. The summed E-state index contributed by atoms with van der Waals surface area (Å²) < 4.78 is 13.9. The minimum atomic E-state index is -0.420. The summed E-state index contributed by atoms with van der Waals surface area (Å²) in [7, 11) is 0. The highest BCUT2D eigenvalue weighted by atomic mass is 32.1. The van der Waals surface area contributed by atoms with Crippen LogP contribution in [0, 0.1) is 16.5 Å². The van der Waals surface area contributed by atoms with E-state index in [1.807, 2.05) is 6.07 Å². The summed E-state index contributed by atoms with van der Waals surface area (Å²) >= 11 is 5.12. The Hall–Kier alpha value is -1.05. The molecule has 64 valence electrons. The van der Waals surface area contributed by atoms with Crippen molar-refractivity contribution in [3.05, 3.63) is 28.9 Å². The molecule has 2 aromatic rings. The molecule has 1 heterocycles. The lowest BCUT2D eigenvalue weighted by Crippen LogP contribution is -1.73. The molecule has 0 bridgehead atoms. The van der Waals surface area contributed by atoms with Crippen LogP contribution in [-0.4, -0.2) is 0 Å². The van der Waals surface area contributed by atoms with Gasteiger partial charge in [0, 0.05) is 15.0 Å². The fourth-order valence-electron chi connectivity index (χ4n) is 1.16. The maximum absolute atomic E-state index is 13.1. The fourth-order valence-corrected chi connectivity index (χ4v) is 2.22. The van der Waals surface area contributed by atoms with Gasteiger partial charge < -0.3 is 0 Å². The standard InChI is InChI=1S/C9H4FNS2/c10-9-7(4-11)6-3-5(12)1-2-8(6)13-9/h1-3,12H. The molecule has 2 rings (SSSR count). The Morgan fingerprint density at radius 2 is 2.23 bits per heavy atom. The van der Waals surface area contributed by atoms with Crippen LogP contribution >= 0.6 is 24.0 Å². The normalized spacial score (nSPS) is 10.2. The number of thiophene rings is 1. The van der Waals surface area contributed by atoms with Gasteiger partial charge in [-0.25, -0.2) is 0 Å². The largest absolute Gasteiger partial charge is 0.195 e. The van der Waals surface area contributed by atoms with Gasteiger partial charge in [-0.15, -0.1) is 24.0 Å². The van der Waals surface area contributed by atoms with Crippen molar-refractivity contribution < 1.29 is 4.39 Å². The molecule has 0 saturated heterocycles. The van der Waals surface area contributed by atoms with E-state index < -0.39 is 5.13 Å². The average Bonchev–Trinajstić information content (AvgIpc) is 2.40. The molecule has 13 heavy (non-hydrogen) atoms. The number of rotatable bonds is 0. The predicted molar refractivity (Wildman–Crippen MR) is 53.8 cm³/mol. The van der Waals surface area contributed by atoms with E-state index in [-0.39, 0.29) is 5.56 Å². The Bertz CT molecular complexity index is 510. The van der Waals surface area contributed by atoms with Gasteiger partial charge in [0.2, 0.25) is 0 Å². The Kier molecular flexibility index (Phi) is 1.98. The Morgan fingerprint density at radius 3 is 2.92 bits per heavy atom. The molecule has 0 saturated carbocycles. The first-order chi connectivity index (χ1) is 6.22. The van der Waals surface area contributed by atoms with Crippen LogP contribution in [0.3, 0.4) is 0 Å². The topological polar surface area (TPSA) is 23.8 Å². The minimum Gasteiger partial charge on any atom is -0.194 e. The zero-order chi connectivity index (χ0) is 9.42. The van der Waals surface area contributed by atoms with Crippen molar-refractivity contribution >= 4 is 34.1 Å². The smallest absolute Gasteiger partial charge is 0.194 e. The summed E-state index contributed by atoms with van der Waals surface area (Å²) in [5.74, 6) is 0. The average molecular weight is 209 g/mol. The molecule has 0 N–H and O–H groups in total. The van der Waals surface area contributed by atoms with Crippen molar-refractivity contribution in [1.29, 1.82) is 5.26 Å². The summed E-state index contributed by atoms with van der Waals surface area (Å²) in [6, 6.07) is 7.10. The molecule has 0 fully saturated rings. The first-order valence-electron chi connectivity index (χ1n) is 3.53. The van der Waals surface area contributed by atoms with E-state index in [1.54, 1.807) is 18.2 Å². The van der Waals surface area contributed by atoms with Crippen molar-refractivity contribution in [1.82, 2.24) is 0 Å². The third-order valence-electron chi connectivity index (χ3n) is 1.74. The van der Waals surface area contributed by atoms with E-state index in [0.29, 0.717) is 5.39 Å². The van der Waals surface area contributed by atoms with Crippen LogP contribution in [0.2, 0.25) is 0 Å². The first kappa shape index (κ1) is 8.54. The summed E-state index contributed by atoms with van der Waals surface area (Å²) in [5.41, 5.74) is 0.121. The van der Waals surface area contributed by atoms with Crippen molar-refractivity contribution in [3.8, 4) is 6.07 Å². The maximum atomic E-state index is 13.1. The Balaban J connectivity index is 2.91. The number of nitrogens with zero attached hydrogens (tertiary/aromatic N) is 1. The molecule has 0 aliphatic carbocycles. The van der Waals surface area contributed by atoms with E-state index >= 15 is 0 Å². The fraction of sp³-hybridized carbons (Fsp3) is 0. The SMILES string of the molecule is N#Cc1c(F)sc2ccc(S)cc12. The zero-order valence-corrected chi connectivity index (χ0v) is 8.12. The summed E-state index contributed by atoms with van der Waals surface area (Å²) in [6.45, 7) is 0. The summed E-state index contributed by atoms with van der Waals surface area (Å²) in [4.78, 5) is 0.738. The van der Waals surface area contributed by atoms with Crippen LogP contribution < -0.4 is 0 Å². The molecule has 0 aliphatic rings. The first-order valence-corrected chi connectivity index (χ1v) is 4.80. The van der Waals surface area contributed by atoms with E-state index in [9.17, 15) is 4.39 Å². The molecule has 1 nitrogen and oxygen atoms in total. The molecule has 1 aromatic carbocycles. The van der Waals surface area contributed by atoms with Gasteiger partial charge in [0.05, 0.1) is 0 Å². The Labute approximate surface area is 83.8 Å². The number of hydrogen-bond acceptors (Lipinski definition) is 3. The van der Waals surface area contributed by atoms with Gasteiger partial charge in [-0.3, -0.25) is 0 Å². The molecule has 1 aromatic heterocycles. The summed E-state index contributed by atoms with van der Waals surface area (Å²) in [6.07, 6.45) is 0. The van der Waals surface area contributed by atoms with Gasteiger partial charge >= 0.3 is 0 Å². The van der Waals surface area contributed by atoms with Crippen LogP contribution in [0.1, 0.15) is 5.56 Å². The second-order valence-electron chi connectivity index (χ2n) is 2.54. The highest BCUT2D eigenvalue weighted by Crippen LogP contribution is 2.30. The van der Waals surface area contributed by atoms with Crippen molar-refractivity contribution in [2.24, 2.45) is 0 Å². The Morgan fingerprint density at radius 1 is 1.46 bits per heavy atom. The van der Waals surface area contributed by atoms with Gasteiger partial charge in [0.1, 0.15) is 11.6 Å². The lowest BCUT2D eigenvalue weighted by atomic mass is 10.2. The van der Waals surface area contributed by atoms with E-state index in [1.165, 1.54) is 0 Å². The van der Waals surface area contributed by atoms with Crippen LogP contribution in [0.15, 0.2) is 23.1 Å². The van der Waals surface area contributed by atoms with Gasteiger partial charge in [0.15, 0.2) is 5.13 Å². The quantitative estimate of drug-likeness (QED) is 0.662. The zero-order valence-electron chi connectivity index (χ0n) is 6.41. The molecule has 0 aliphatic heterocycles. The van der Waals surface area contributed by atoms with Crippen LogP contribution in [0.4, 0.5) is 4.39 Å². The number of fused-ring (bicyclic) bond motifs is 1. The number of nitriles is 1. The highest BCUT2D eigenvalue weighted by molar-refractivity contribution is 7.80. The number of halogens is 1. The number of thiol groups is 1. The van der Waals surface area contributed by atoms with Crippen molar-refractivity contribution in [3.63, 3.8) is 0 Å². The summed E-state index contributed by atoms with van der Waals surface area (Å²) in [5, 5.41) is 8.92. The van der Waals surface area contributed by atoms with Gasteiger partial charge in [-0.05, 0) is 18.2 Å². The minimum absolute atomic E-state index is 0.121. The molecule has 4 heteroatoms. The van der Waals surface area contributed by atoms with Crippen molar-refractivity contribution in [2.45, 2.75) is 4.90 Å². The third-order valence-corrected chi connectivity index (χ3v) is 2.98. The monoisotopic (exact) mass is 209 g/mol. The van der Waals surface area contributed by atoms with Gasteiger partial charge in [-0.2, -0.15) is 9.65 Å². The maximum Gasteiger partial charge on any atom is 0.195 e. The number of hydrogen-bond donors (Lipinski definition) is 1. The molecule has 0 amide bonds. The van der Waals surface area contributed by atoms with E-state index in [0.717, 1.165) is 20.9 Å². The van der Waals surface area contributed by atoms with Crippen molar-refractivity contribution in [2.75, 3.05) is 0 Å². The molecular formula is C9H4FNS2. The molecule has 0 radical (unpaired) electrons. The second-order valence-corrected chi connectivity index (χ2v) is 4.06. The molecule has 0 atom stereocenters. The number of benzene rings is 1. The van der Waals surface area contributed by atoms with Crippen LogP contribution in [0.25, 0.3) is 10.1 Å². The van der Waals surface area contributed by atoms with E-state index in [4.69, 9.17) is 5.26 Å². The van der Waals surface area contributed by atoms with Crippen LogP contribution in [0.5, 0.6) is 0 Å². The highest BCUT2D eigenvalue weighted by Gasteiger charge is 2.10. The van der Waals surface area contributed by atoms with E-state index in [2.05, 4.69) is 12.6 Å². The van der Waals surface area contributed by atoms with Gasteiger partial charge in [0.25, 0.3) is 0 Å². The van der Waals surface area contributed by atoms with Crippen LogP contribution in [-0.2, 0) is 0 Å². The lowest BCUT2D eigenvalue weighted by molar-refractivity contribution is 0.655. The predicted octanol–water partition coefficient (Wildman–Crippen LogP) is 3.20. The molecule has 0 spiro atoms. The molecular weight excluding hydrogens is 205 g/mol. The second kappa shape index (κ2) is 3.02. The lowest BCUT2D eigenvalue weighted by Gasteiger charge is -1.90. The van der Waals surface area contributed by atoms with Gasteiger partial charge in [-0.1, -0.05) is 0 Å².